The smallest absolute Gasteiger partial charge is 0.191 e. The summed E-state index contributed by atoms with van der Waals surface area (Å²) in [6.45, 7) is 8.69. The Morgan fingerprint density at radius 2 is 2.15 bits per heavy atom. The molecule has 1 aromatic rings. The highest BCUT2D eigenvalue weighted by Gasteiger charge is 2.44. The molecule has 1 atom stereocenters. The number of benzene rings is 1. The molecule has 3 rings (SSSR count). The summed E-state index contributed by atoms with van der Waals surface area (Å²) >= 11 is 0. The molecule has 1 aliphatic heterocycles. The molecule has 2 fully saturated rings. The van der Waals surface area contributed by atoms with Crippen molar-refractivity contribution in [2.24, 2.45) is 10.9 Å². The van der Waals surface area contributed by atoms with Crippen molar-refractivity contribution in [2.45, 2.75) is 51.0 Å². The fourth-order valence-corrected chi connectivity index (χ4v) is 3.98. The maximum atomic E-state index is 13.5. The number of piperidine rings is 1. The van der Waals surface area contributed by atoms with Gasteiger partial charge in [0, 0.05) is 38.1 Å². The third-order valence-corrected chi connectivity index (χ3v) is 5.95. The molecule has 1 saturated heterocycles. The lowest BCUT2D eigenvalue weighted by Gasteiger charge is -2.35. The number of aliphatic imine (C=N–C) groups is 1. The van der Waals surface area contributed by atoms with Gasteiger partial charge in [-0.25, -0.2) is 4.39 Å². The number of guanidine groups is 1. The minimum atomic E-state index is -0.150. The number of hydrogen-bond donors (Lipinski definition) is 2. The van der Waals surface area contributed by atoms with E-state index in [1.165, 1.54) is 25.5 Å². The molecular weight excluding hydrogens is 327 g/mol. The van der Waals surface area contributed by atoms with Gasteiger partial charge in [-0.05, 0) is 69.7 Å². The van der Waals surface area contributed by atoms with Crippen molar-refractivity contribution in [1.82, 2.24) is 15.5 Å². The van der Waals surface area contributed by atoms with Crippen molar-refractivity contribution in [3.8, 4) is 0 Å². The number of halogens is 1. The van der Waals surface area contributed by atoms with Gasteiger partial charge < -0.3 is 15.5 Å². The summed E-state index contributed by atoms with van der Waals surface area (Å²) in [6.07, 6.45) is 4.76. The van der Waals surface area contributed by atoms with Crippen LogP contribution in [0.5, 0.6) is 0 Å². The van der Waals surface area contributed by atoms with Crippen molar-refractivity contribution in [3.05, 3.63) is 35.6 Å². The van der Waals surface area contributed by atoms with Gasteiger partial charge in [-0.3, -0.25) is 4.99 Å². The van der Waals surface area contributed by atoms with E-state index in [9.17, 15) is 4.39 Å². The molecule has 26 heavy (non-hydrogen) atoms. The van der Waals surface area contributed by atoms with Gasteiger partial charge in [-0.1, -0.05) is 12.1 Å². The van der Waals surface area contributed by atoms with E-state index in [2.05, 4.69) is 34.4 Å². The second kappa shape index (κ2) is 8.38. The van der Waals surface area contributed by atoms with Gasteiger partial charge in [0.1, 0.15) is 5.82 Å². The van der Waals surface area contributed by atoms with Crippen LogP contribution in [0.4, 0.5) is 4.39 Å². The number of rotatable bonds is 6. The molecule has 1 unspecified atom stereocenters. The van der Waals surface area contributed by atoms with Crippen LogP contribution < -0.4 is 10.6 Å². The van der Waals surface area contributed by atoms with E-state index in [1.807, 2.05) is 13.1 Å². The molecule has 1 aromatic carbocycles. The highest BCUT2D eigenvalue weighted by Crippen LogP contribution is 2.47. The lowest BCUT2D eigenvalue weighted by Crippen LogP contribution is -2.47. The summed E-state index contributed by atoms with van der Waals surface area (Å²) in [7, 11) is 1.82. The van der Waals surface area contributed by atoms with Crippen molar-refractivity contribution in [3.63, 3.8) is 0 Å². The van der Waals surface area contributed by atoms with Crippen LogP contribution in [-0.4, -0.2) is 50.1 Å². The van der Waals surface area contributed by atoms with Crippen LogP contribution in [0.2, 0.25) is 0 Å². The zero-order valence-corrected chi connectivity index (χ0v) is 16.4. The van der Waals surface area contributed by atoms with Crippen LogP contribution in [0, 0.1) is 11.7 Å². The summed E-state index contributed by atoms with van der Waals surface area (Å²) in [6, 6.07) is 7.65. The summed E-state index contributed by atoms with van der Waals surface area (Å²) < 4.78 is 13.5. The van der Waals surface area contributed by atoms with Crippen molar-refractivity contribution in [1.29, 1.82) is 0 Å². The minimum absolute atomic E-state index is 0.0685. The lowest BCUT2D eigenvalue weighted by molar-refractivity contribution is 0.141. The van der Waals surface area contributed by atoms with Crippen LogP contribution in [0.1, 0.15) is 45.1 Å². The monoisotopic (exact) mass is 360 g/mol. The Morgan fingerprint density at radius 1 is 1.35 bits per heavy atom. The van der Waals surface area contributed by atoms with Gasteiger partial charge in [0.25, 0.3) is 0 Å². The Kier molecular flexibility index (Phi) is 6.17. The largest absolute Gasteiger partial charge is 0.356 e. The van der Waals surface area contributed by atoms with Crippen LogP contribution in [0.15, 0.2) is 29.3 Å². The predicted octanol–water partition coefficient (Wildman–Crippen LogP) is 3.14. The molecule has 0 bridgehead atoms. The molecule has 1 heterocycles. The molecule has 2 N–H and O–H groups in total. The average molecular weight is 361 g/mol. The molecule has 0 amide bonds. The molecule has 0 spiro atoms. The van der Waals surface area contributed by atoms with E-state index in [0.29, 0.717) is 12.0 Å². The highest BCUT2D eigenvalue weighted by atomic mass is 19.1. The van der Waals surface area contributed by atoms with Crippen LogP contribution >= 0.6 is 0 Å². The summed E-state index contributed by atoms with van der Waals surface area (Å²) in [5.74, 6) is 1.38. The van der Waals surface area contributed by atoms with E-state index >= 15 is 0 Å². The summed E-state index contributed by atoms with van der Waals surface area (Å²) in [5, 5.41) is 6.97. The number of hydrogen-bond acceptors (Lipinski definition) is 2. The minimum Gasteiger partial charge on any atom is -0.356 e. The molecule has 1 aliphatic carbocycles. The number of likely N-dealkylation sites (tertiary alicyclic amines) is 1. The Labute approximate surface area is 157 Å². The van der Waals surface area contributed by atoms with Crippen molar-refractivity contribution in [2.75, 3.05) is 33.2 Å². The van der Waals surface area contributed by atoms with Crippen LogP contribution in [0.25, 0.3) is 0 Å². The van der Waals surface area contributed by atoms with Gasteiger partial charge in [0.2, 0.25) is 0 Å². The maximum absolute atomic E-state index is 13.5. The third kappa shape index (κ3) is 4.76. The van der Waals surface area contributed by atoms with E-state index in [-0.39, 0.29) is 11.2 Å². The van der Waals surface area contributed by atoms with Gasteiger partial charge in [-0.2, -0.15) is 0 Å². The fraction of sp³-hybridized carbons (Fsp3) is 0.667. The second-order valence-corrected chi connectivity index (χ2v) is 8.19. The summed E-state index contributed by atoms with van der Waals surface area (Å²) in [5.41, 5.74) is 1.17. The predicted molar refractivity (Wildman–Crippen MR) is 106 cm³/mol. The van der Waals surface area contributed by atoms with Gasteiger partial charge in [0.15, 0.2) is 5.96 Å². The zero-order chi connectivity index (χ0) is 18.6. The SMILES string of the molecule is CN=C(NCC1CCCN(C(C)C)C1)NCC1(c2cccc(F)c2)CC1. The van der Waals surface area contributed by atoms with E-state index in [1.54, 1.807) is 12.1 Å². The standard InChI is InChI=1S/C21H33FN4/c1-16(2)26-11-5-6-17(14-26)13-24-20(23-3)25-15-21(9-10-21)18-7-4-8-19(22)12-18/h4,7-8,12,16-17H,5-6,9-11,13-15H2,1-3H3,(H2,23,24,25). The normalized spacial score (nSPS) is 23.1. The van der Waals surface area contributed by atoms with Crippen molar-refractivity contribution >= 4 is 5.96 Å². The third-order valence-electron chi connectivity index (χ3n) is 5.95. The Bertz CT molecular complexity index is 624. The Hall–Kier alpha value is -1.62. The molecule has 5 heteroatoms. The fourth-order valence-electron chi connectivity index (χ4n) is 3.98. The number of nitrogens with one attached hydrogen (secondary N) is 2. The zero-order valence-electron chi connectivity index (χ0n) is 16.4. The van der Waals surface area contributed by atoms with Crippen LogP contribution in [0.3, 0.4) is 0 Å². The van der Waals surface area contributed by atoms with Crippen molar-refractivity contribution < 1.29 is 4.39 Å². The molecule has 0 aromatic heterocycles. The Balaban J connectivity index is 1.48. The molecule has 2 aliphatic rings. The number of nitrogens with zero attached hydrogens (tertiary/aromatic N) is 2. The van der Waals surface area contributed by atoms with E-state index in [0.717, 1.165) is 44.0 Å². The second-order valence-electron chi connectivity index (χ2n) is 8.19. The topological polar surface area (TPSA) is 39.7 Å². The highest BCUT2D eigenvalue weighted by molar-refractivity contribution is 5.79. The molecule has 0 radical (unpaired) electrons. The first kappa shape index (κ1) is 19.2. The van der Waals surface area contributed by atoms with E-state index in [4.69, 9.17) is 0 Å². The quantitative estimate of drug-likeness (QED) is 0.605. The van der Waals surface area contributed by atoms with E-state index < -0.39 is 0 Å². The maximum Gasteiger partial charge on any atom is 0.191 e. The molecule has 1 saturated carbocycles. The van der Waals surface area contributed by atoms with Crippen LogP contribution in [-0.2, 0) is 5.41 Å². The van der Waals surface area contributed by atoms with Gasteiger partial charge in [-0.15, -0.1) is 0 Å². The first-order chi connectivity index (χ1) is 12.5. The molecular formula is C21H33FN4. The molecule has 144 valence electrons. The van der Waals surface area contributed by atoms with Gasteiger partial charge >= 0.3 is 0 Å². The first-order valence-electron chi connectivity index (χ1n) is 9.97. The lowest BCUT2D eigenvalue weighted by atomic mass is 9.96. The first-order valence-corrected chi connectivity index (χ1v) is 9.97. The molecule has 4 nitrogen and oxygen atoms in total. The Morgan fingerprint density at radius 3 is 2.81 bits per heavy atom. The average Bonchev–Trinajstić information content (AvgIpc) is 3.43. The van der Waals surface area contributed by atoms with Gasteiger partial charge in [0.05, 0.1) is 0 Å². The summed E-state index contributed by atoms with van der Waals surface area (Å²) in [4.78, 5) is 6.94.